The van der Waals surface area contributed by atoms with Crippen LogP contribution in [0.25, 0.3) is 0 Å². The number of hydrogen-bond acceptors (Lipinski definition) is 3. The van der Waals surface area contributed by atoms with Crippen molar-refractivity contribution in [2.45, 2.75) is 33.2 Å². The predicted molar refractivity (Wildman–Crippen MR) is 61.8 cm³/mol. The molecule has 5 heteroatoms. The van der Waals surface area contributed by atoms with Gasteiger partial charge in [0.05, 0.1) is 0 Å². The Morgan fingerprint density at radius 3 is 2.53 bits per heavy atom. The number of nitrogens with one attached hydrogen (secondary N) is 1. The molecule has 2 N–H and O–H groups in total. The fraction of sp³-hybridized carbons (Fsp3) is 0.500. The Labute approximate surface area is 99.8 Å². The molecule has 1 heterocycles. The SMILES string of the molecule is CC[C@H](C)[C@H](NC(=O)c1ccc(C)o1)C(=O)O. The van der Waals surface area contributed by atoms with Gasteiger partial charge < -0.3 is 14.8 Å². The van der Waals surface area contributed by atoms with Gasteiger partial charge in [0.2, 0.25) is 0 Å². The summed E-state index contributed by atoms with van der Waals surface area (Å²) in [4.78, 5) is 22.8. The van der Waals surface area contributed by atoms with E-state index < -0.39 is 17.9 Å². The first kappa shape index (κ1) is 13.3. The van der Waals surface area contributed by atoms with E-state index in [9.17, 15) is 9.59 Å². The predicted octanol–water partition coefficient (Wildman–Crippen LogP) is 1.82. The minimum atomic E-state index is -1.03. The first-order valence-corrected chi connectivity index (χ1v) is 5.55. The van der Waals surface area contributed by atoms with Crippen LogP contribution < -0.4 is 5.32 Å². The maximum absolute atomic E-state index is 11.7. The average molecular weight is 239 g/mol. The third-order valence-electron chi connectivity index (χ3n) is 2.73. The molecular formula is C12H17NO4. The third kappa shape index (κ3) is 3.34. The number of furan rings is 1. The Morgan fingerprint density at radius 1 is 1.47 bits per heavy atom. The van der Waals surface area contributed by atoms with E-state index in [1.165, 1.54) is 6.07 Å². The lowest BCUT2D eigenvalue weighted by Gasteiger charge is -2.19. The highest BCUT2D eigenvalue weighted by Crippen LogP contribution is 2.11. The molecule has 0 unspecified atom stereocenters. The number of amides is 1. The van der Waals surface area contributed by atoms with Gasteiger partial charge in [0.25, 0.3) is 5.91 Å². The van der Waals surface area contributed by atoms with Crippen molar-refractivity contribution in [1.82, 2.24) is 5.32 Å². The Morgan fingerprint density at radius 2 is 2.12 bits per heavy atom. The molecule has 0 saturated carbocycles. The molecule has 0 aliphatic heterocycles. The van der Waals surface area contributed by atoms with Gasteiger partial charge in [-0.05, 0) is 25.0 Å². The molecule has 94 valence electrons. The summed E-state index contributed by atoms with van der Waals surface area (Å²) in [5, 5.41) is 11.5. The van der Waals surface area contributed by atoms with Crippen molar-refractivity contribution in [2.24, 2.45) is 5.92 Å². The first-order chi connectivity index (χ1) is 7.95. The summed E-state index contributed by atoms with van der Waals surface area (Å²) in [6.45, 7) is 5.39. The molecule has 0 bridgehead atoms. The van der Waals surface area contributed by atoms with Crippen LogP contribution in [-0.2, 0) is 4.79 Å². The Hall–Kier alpha value is -1.78. The molecule has 0 fully saturated rings. The molecule has 17 heavy (non-hydrogen) atoms. The maximum atomic E-state index is 11.7. The molecule has 0 radical (unpaired) electrons. The highest BCUT2D eigenvalue weighted by Gasteiger charge is 2.26. The first-order valence-electron chi connectivity index (χ1n) is 5.55. The molecular weight excluding hydrogens is 222 g/mol. The number of aryl methyl sites for hydroxylation is 1. The fourth-order valence-corrected chi connectivity index (χ4v) is 1.45. The van der Waals surface area contributed by atoms with Crippen molar-refractivity contribution in [3.05, 3.63) is 23.7 Å². The lowest BCUT2D eigenvalue weighted by atomic mass is 9.99. The molecule has 0 aliphatic carbocycles. The van der Waals surface area contributed by atoms with Crippen LogP contribution >= 0.6 is 0 Å². The second-order valence-corrected chi connectivity index (χ2v) is 4.09. The zero-order valence-corrected chi connectivity index (χ0v) is 10.2. The standard InChI is InChI=1S/C12H17NO4/c1-4-7(2)10(12(15)16)13-11(14)9-6-5-8(3)17-9/h5-7,10H,4H2,1-3H3,(H,13,14)(H,15,16)/t7-,10-/m0/s1. The van der Waals surface area contributed by atoms with Crippen molar-refractivity contribution < 1.29 is 19.1 Å². The largest absolute Gasteiger partial charge is 0.480 e. The molecule has 0 saturated heterocycles. The Kier molecular flexibility index (Phi) is 4.31. The number of carbonyl (C=O) groups is 2. The van der Waals surface area contributed by atoms with E-state index in [-0.39, 0.29) is 11.7 Å². The maximum Gasteiger partial charge on any atom is 0.326 e. The van der Waals surface area contributed by atoms with E-state index in [0.29, 0.717) is 12.2 Å². The van der Waals surface area contributed by atoms with Crippen LogP contribution in [0, 0.1) is 12.8 Å². The molecule has 0 aliphatic rings. The topological polar surface area (TPSA) is 79.5 Å². The lowest BCUT2D eigenvalue weighted by Crippen LogP contribution is -2.44. The van der Waals surface area contributed by atoms with E-state index in [0.717, 1.165) is 0 Å². The van der Waals surface area contributed by atoms with Gasteiger partial charge in [-0.3, -0.25) is 4.79 Å². The van der Waals surface area contributed by atoms with Gasteiger partial charge in [0, 0.05) is 0 Å². The molecule has 0 aromatic carbocycles. The van der Waals surface area contributed by atoms with Crippen molar-refractivity contribution in [2.75, 3.05) is 0 Å². The van der Waals surface area contributed by atoms with Crippen molar-refractivity contribution in [3.8, 4) is 0 Å². The number of aliphatic carboxylic acids is 1. The Bertz CT molecular complexity index is 410. The van der Waals surface area contributed by atoms with Crippen LogP contribution in [0.5, 0.6) is 0 Å². The van der Waals surface area contributed by atoms with Crippen molar-refractivity contribution in [3.63, 3.8) is 0 Å². The second kappa shape index (κ2) is 5.52. The summed E-state index contributed by atoms with van der Waals surface area (Å²) in [6.07, 6.45) is 0.675. The van der Waals surface area contributed by atoms with Crippen molar-refractivity contribution in [1.29, 1.82) is 0 Å². The van der Waals surface area contributed by atoms with E-state index in [4.69, 9.17) is 9.52 Å². The van der Waals surface area contributed by atoms with Crippen LogP contribution in [0.1, 0.15) is 36.6 Å². The lowest BCUT2D eigenvalue weighted by molar-refractivity contribution is -0.140. The summed E-state index contributed by atoms with van der Waals surface area (Å²) in [7, 11) is 0. The monoisotopic (exact) mass is 239 g/mol. The number of carboxylic acids is 1. The van der Waals surface area contributed by atoms with Gasteiger partial charge >= 0.3 is 5.97 Å². The summed E-state index contributed by atoms with van der Waals surface area (Å²) in [5.41, 5.74) is 0. The minimum Gasteiger partial charge on any atom is -0.480 e. The molecule has 2 atom stereocenters. The third-order valence-corrected chi connectivity index (χ3v) is 2.73. The van der Waals surface area contributed by atoms with Crippen LogP contribution in [0.2, 0.25) is 0 Å². The van der Waals surface area contributed by atoms with Crippen LogP contribution in [0.15, 0.2) is 16.5 Å². The number of hydrogen-bond donors (Lipinski definition) is 2. The summed E-state index contributed by atoms with van der Waals surface area (Å²) in [6, 6.07) is 2.30. The minimum absolute atomic E-state index is 0.132. The van der Waals surface area contributed by atoms with E-state index >= 15 is 0 Å². The van der Waals surface area contributed by atoms with Gasteiger partial charge in [0.15, 0.2) is 5.76 Å². The number of carbonyl (C=O) groups excluding carboxylic acids is 1. The highest BCUT2D eigenvalue weighted by atomic mass is 16.4. The molecule has 0 spiro atoms. The van der Waals surface area contributed by atoms with Gasteiger partial charge in [-0.1, -0.05) is 20.3 Å². The molecule has 5 nitrogen and oxygen atoms in total. The van der Waals surface area contributed by atoms with Gasteiger partial charge in [0.1, 0.15) is 11.8 Å². The summed E-state index contributed by atoms with van der Waals surface area (Å²) >= 11 is 0. The summed E-state index contributed by atoms with van der Waals surface area (Å²) < 4.78 is 5.13. The number of rotatable bonds is 5. The quantitative estimate of drug-likeness (QED) is 0.821. The van der Waals surface area contributed by atoms with Gasteiger partial charge in [-0.2, -0.15) is 0 Å². The summed E-state index contributed by atoms with van der Waals surface area (Å²) in [5.74, 6) is -0.906. The number of carboxylic acid groups (broad SMARTS) is 1. The second-order valence-electron chi connectivity index (χ2n) is 4.09. The van der Waals surface area contributed by atoms with Crippen LogP contribution in [0.3, 0.4) is 0 Å². The van der Waals surface area contributed by atoms with E-state index in [2.05, 4.69) is 5.32 Å². The molecule has 1 rings (SSSR count). The van der Waals surface area contributed by atoms with Gasteiger partial charge in [-0.25, -0.2) is 4.79 Å². The van der Waals surface area contributed by atoms with Crippen molar-refractivity contribution >= 4 is 11.9 Å². The molecule has 1 amide bonds. The highest BCUT2D eigenvalue weighted by molar-refractivity contribution is 5.94. The molecule has 1 aromatic rings. The van der Waals surface area contributed by atoms with Gasteiger partial charge in [-0.15, -0.1) is 0 Å². The zero-order chi connectivity index (χ0) is 13.0. The van der Waals surface area contributed by atoms with E-state index in [1.807, 2.05) is 6.92 Å². The normalized spacial score (nSPS) is 14.1. The average Bonchev–Trinajstić information content (AvgIpc) is 2.71. The smallest absolute Gasteiger partial charge is 0.326 e. The van der Waals surface area contributed by atoms with E-state index in [1.54, 1.807) is 19.9 Å². The Balaban J connectivity index is 2.74. The van der Waals surface area contributed by atoms with Crippen LogP contribution in [0.4, 0.5) is 0 Å². The zero-order valence-electron chi connectivity index (χ0n) is 10.2. The van der Waals surface area contributed by atoms with Crippen LogP contribution in [-0.4, -0.2) is 23.0 Å². The fourth-order valence-electron chi connectivity index (χ4n) is 1.45. The molecule has 1 aromatic heterocycles.